The molecule has 34 heavy (non-hydrogen) atoms. The normalized spacial score (nSPS) is 11.3. The quantitative estimate of drug-likeness (QED) is 0.389. The Hall–Kier alpha value is -4.28. The lowest BCUT2D eigenvalue weighted by Gasteiger charge is -2.10. The Morgan fingerprint density at radius 2 is 1.79 bits per heavy atom. The van der Waals surface area contributed by atoms with Crippen LogP contribution in [0, 0.1) is 5.82 Å². The van der Waals surface area contributed by atoms with Crippen LogP contribution in [-0.2, 0) is 24.4 Å². The summed E-state index contributed by atoms with van der Waals surface area (Å²) in [7, 11) is 1.89. The standard InChI is InChI=1S/C23H18F4N6O/c1-33-7-5-18(13-33)31-22-29-11-16(12-30-22)14-2-3-15(19(24)8-14)9-21(34)32-20-10-17(4-6-28-20)23(25,26)27/h2-8,10-13H,9H2,1H3,(H,28,32,34)(H,29,30,31). The fourth-order valence-corrected chi connectivity index (χ4v) is 3.15. The Morgan fingerprint density at radius 1 is 1.03 bits per heavy atom. The summed E-state index contributed by atoms with van der Waals surface area (Å²) < 4.78 is 54.9. The fourth-order valence-electron chi connectivity index (χ4n) is 3.15. The summed E-state index contributed by atoms with van der Waals surface area (Å²) in [6, 6.07) is 7.66. The van der Waals surface area contributed by atoms with Crippen molar-refractivity contribution in [2.24, 2.45) is 7.05 Å². The molecule has 174 valence electrons. The first-order chi connectivity index (χ1) is 16.2. The van der Waals surface area contributed by atoms with Crippen LogP contribution in [0.1, 0.15) is 11.1 Å². The maximum atomic E-state index is 14.6. The van der Waals surface area contributed by atoms with Crippen molar-refractivity contribution in [2.75, 3.05) is 10.6 Å². The number of alkyl halides is 3. The van der Waals surface area contributed by atoms with Crippen LogP contribution in [0.2, 0.25) is 0 Å². The predicted octanol–water partition coefficient (Wildman–Crippen LogP) is 4.96. The number of rotatable bonds is 6. The minimum atomic E-state index is -4.57. The second-order valence-electron chi connectivity index (χ2n) is 7.44. The third-order valence-electron chi connectivity index (χ3n) is 4.83. The molecule has 0 aliphatic carbocycles. The van der Waals surface area contributed by atoms with E-state index >= 15 is 0 Å². The molecule has 0 radical (unpaired) electrons. The minimum Gasteiger partial charge on any atom is -0.355 e. The summed E-state index contributed by atoms with van der Waals surface area (Å²) in [5.41, 5.74) is 1.04. The number of nitrogens with zero attached hydrogens (tertiary/aromatic N) is 4. The van der Waals surface area contributed by atoms with Gasteiger partial charge in [-0.15, -0.1) is 0 Å². The third-order valence-corrected chi connectivity index (χ3v) is 4.83. The van der Waals surface area contributed by atoms with E-state index in [0.717, 1.165) is 18.0 Å². The Morgan fingerprint density at radius 3 is 2.44 bits per heavy atom. The molecule has 0 fully saturated rings. The number of aromatic nitrogens is 4. The molecular formula is C23H18F4N6O. The molecule has 0 atom stereocenters. The van der Waals surface area contributed by atoms with Gasteiger partial charge in [0.25, 0.3) is 0 Å². The van der Waals surface area contributed by atoms with Gasteiger partial charge in [0.1, 0.15) is 11.6 Å². The van der Waals surface area contributed by atoms with E-state index < -0.39 is 23.5 Å². The monoisotopic (exact) mass is 470 g/mol. The first-order valence-electron chi connectivity index (χ1n) is 10.0. The number of carbonyl (C=O) groups is 1. The number of carbonyl (C=O) groups excluding carboxylic acids is 1. The summed E-state index contributed by atoms with van der Waals surface area (Å²) >= 11 is 0. The van der Waals surface area contributed by atoms with Crippen LogP contribution in [0.15, 0.2) is 67.4 Å². The highest BCUT2D eigenvalue weighted by molar-refractivity contribution is 5.91. The molecule has 0 aliphatic heterocycles. The van der Waals surface area contributed by atoms with Crippen molar-refractivity contribution in [3.05, 3.63) is 84.3 Å². The number of anilines is 3. The van der Waals surface area contributed by atoms with Crippen molar-refractivity contribution in [2.45, 2.75) is 12.6 Å². The van der Waals surface area contributed by atoms with Gasteiger partial charge in [0, 0.05) is 43.6 Å². The van der Waals surface area contributed by atoms with E-state index in [1.54, 1.807) is 18.5 Å². The largest absolute Gasteiger partial charge is 0.416 e. The molecule has 1 amide bonds. The van der Waals surface area contributed by atoms with Gasteiger partial charge in [-0.25, -0.2) is 19.3 Å². The maximum Gasteiger partial charge on any atom is 0.416 e. The number of amides is 1. The van der Waals surface area contributed by atoms with Crippen molar-refractivity contribution in [3.8, 4) is 11.1 Å². The Kier molecular flexibility index (Phi) is 6.26. The number of hydrogen-bond donors (Lipinski definition) is 2. The number of hydrogen-bond acceptors (Lipinski definition) is 5. The zero-order chi connectivity index (χ0) is 24.3. The molecule has 2 N–H and O–H groups in total. The van der Waals surface area contributed by atoms with Crippen LogP contribution in [0.3, 0.4) is 0 Å². The molecule has 0 aliphatic rings. The van der Waals surface area contributed by atoms with Crippen LogP contribution in [-0.4, -0.2) is 25.4 Å². The molecule has 0 unspecified atom stereocenters. The molecule has 4 aromatic rings. The molecule has 0 spiro atoms. The number of nitrogens with one attached hydrogen (secondary N) is 2. The van der Waals surface area contributed by atoms with Crippen LogP contribution in [0.25, 0.3) is 11.1 Å². The molecule has 4 rings (SSSR count). The lowest BCUT2D eigenvalue weighted by Crippen LogP contribution is -2.17. The van der Waals surface area contributed by atoms with E-state index in [-0.39, 0.29) is 17.8 Å². The molecule has 11 heteroatoms. The second-order valence-corrected chi connectivity index (χ2v) is 7.44. The minimum absolute atomic E-state index is 0.0801. The number of benzene rings is 1. The molecule has 1 aromatic carbocycles. The predicted molar refractivity (Wildman–Crippen MR) is 118 cm³/mol. The van der Waals surface area contributed by atoms with Gasteiger partial charge < -0.3 is 15.2 Å². The molecule has 3 aromatic heterocycles. The van der Waals surface area contributed by atoms with E-state index in [2.05, 4.69) is 25.6 Å². The van der Waals surface area contributed by atoms with E-state index in [1.807, 2.05) is 30.1 Å². The second kappa shape index (κ2) is 9.30. The molecule has 0 saturated carbocycles. The van der Waals surface area contributed by atoms with Gasteiger partial charge in [-0.1, -0.05) is 12.1 Å². The first-order valence-corrected chi connectivity index (χ1v) is 10.0. The van der Waals surface area contributed by atoms with Gasteiger partial charge in [-0.2, -0.15) is 13.2 Å². The highest BCUT2D eigenvalue weighted by Gasteiger charge is 2.30. The van der Waals surface area contributed by atoms with Crippen molar-refractivity contribution < 1.29 is 22.4 Å². The summed E-state index contributed by atoms with van der Waals surface area (Å²) in [4.78, 5) is 24.4. The number of halogens is 4. The van der Waals surface area contributed by atoms with Crippen molar-refractivity contribution in [3.63, 3.8) is 0 Å². The van der Waals surface area contributed by atoms with Gasteiger partial charge in [0.2, 0.25) is 11.9 Å². The van der Waals surface area contributed by atoms with E-state index in [9.17, 15) is 22.4 Å². The summed E-state index contributed by atoms with van der Waals surface area (Å²) in [5, 5.41) is 5.31. The molecule has 0 saturated heterocycles. The Balaban J connectivity index is 1.41. The third kappa shape index (κ3) is 5.55. The van der Waals surface area contributed by atoms with Gasteiger partial charge in [0.05, 0.1) is 17.7 Å². The zero-order valence-corrected chi connectivity index (χ0v) is 17.8. The Labute approximate surface area is 191 Å². The van der Waals surface area contributed by atoms with Crippen molar-refractivity contribution >= 4 is 23.4 Å². The summed E-state index contributed by atoms with van der Waals surface area (Å²) in [6.45, 7) is 0. The van der Waals surface area contributed by atoms with Crippen LogP contribution in [0.4, 0.5) is 35.0 Å². The summed E-state index contributed by atoms with van der Waals surface area (Å²) in [5.74, 6) is -1.22. The van der Waals surface area contributed by atoms with Crippen LogP contribution in [0.5, 0.6) is 0 Å². The maximum absolute atomic E-state index is 14.6. The SMILES string of the molecule is Cn1ccc(Nc2ncc(-c3ccc(CC(=O)Nc4cc(C(F)(F)F)ccn4)c(F)c3)cn2)c1. The fraction of sp³-hybridized carbons (Fsp3) is 0.130. The average molecular weight is 470 g/mol. The average Bonchev–Trinajstić information content (AvgIpc) is 3.20. The van der Waals surface area contributed by atoms with E-state index in [1.165, 1.54) is 12.1 Å². The smallest absolute Gasteiger partial charge is 0.355 e. The Bertz CT molecular complexity index is 1320. The molecule has 0 bridgehead atoms. The highest BCUT2D eigenvalue weighted by atomic mass is 19.4. The zero-order valence-electron chi connectivity index (χ0n) is 17.8. The van der Waals surface area contributed by atoms with Crippen LogP contribution >= 0.6 is 0 Å². The topological polar surface area (TPSA) is 84.7 Å². The summed E-state index contributed by atoms with van der Waals surface area (Å²) in [6.07, 6.45) is 2.82. The lowest BCUT2D eigenvalue weighted by atomic mass is 10.0. The van der Waals surface area contributed by atoms with Crippen molar-refractivity contribution in [1.82, 2.24) is 19.5 Å². The van der Waals surface area contributed by atoms with Gasteiger partial charge >= 0.3 is 6.18 Å². The molecule has 3 heterocycles. The van der Waals surface area contributed by atoms with Crippen molar-refractivity contribution in [1.29, 1.82) is 0 Å². The first kappa shape index (κ1) is 22.9. The van der Waals surface area contributed by atoms with Crippen LogP contribution < -0.4 is 10.6 Å². The number of pyridine rings is 1. The van der Waals surface area contributed by atoms with Gasteiger partial charge in [-0.05, 0) is 35.4 Å². The molecule has 7 nitrogen and oxygen atoms in total. The molecular weight excluding hydrogens is 452 g/mol. The van der Waals surface area contributed by atoms with Gasteiger partial charge in [0.15, 0.2) is 0 Å². The number of aryl methyl sites for hydroxylation is 1. The van der Waals surface area contributed by atoms with E-state index in [0.29, 0.717) is 23.1 Å². The highest BCUT2D eigenvalue weighted by Crippen LogP contribution is 2.30. The van der Waals surface area contributed by atoms with E-state index in [4.69, 9.17) is 0 Å². The van der Waals surface area contributed by atoms with Gasteiger partial charge in [-0.3, -0.25) is 4.79 Å². The lowest BCUT2D eigenvalue weighted by molar-refractivity contribution is -0.137.